The number of hydrogen-bond acceptors (Lipinski definition) is 7. The lowest BCUT2D eigenvalue weighted by molar-refractivity contribution is -0.384. The van der Waals surface area contributed by atoms with Gasteiger partial charge in [-0.3, -0.25) is 24.3 Å². The molecule has 3 aromatic carbocycles. The summed E-state index contributed by atoms with van der Waals surface area (Å²) in [5.74, 6) is 0.932. The van der Waals surface area contributed by atoms with Gasteiger partial charge in [0.2, 0.25) is 0 Å². The largest absolute Gasteiger partial charge is 0.497 e. The zero-order chi connectivity index (χ0) is 26.6. The highest BCUT2D eigenvalue weighted by atomic mass is 32.2. The number of aromatic nitrogens is 2. The Bertz CT molecular complexity index is 1550. The van der Waals surface area contributed by atoms with Crippen molar-refractivity contribution in [3.05, 3.63) is 98.3 Å². The second-order valence-corrected chi connectivity index (χ2v) is 10.1. The minimum absolute atomic E-state index is 0.0149. The third-order valence-electron chi connectivity index (χ3n) is 6.64. The summed E-state index contributed by atoms with van der Waals surface area (Å²) < 4.78 is 6.79. The van der Waals surface area contributed by atoms with Gasteiger partial charge in [-0.2, -0.15) is 0 Å². The van der Waals surface area contributed by atoms with Crippen LogP contribution < -0.4 is 15.6 Å². The first kappa shape index (κ1) is 25.5. The lowest BCUT2D eigenvalue weighted by atomic mass is 10.1. The summed E-state index contributed by atoms with van der Waals surface area (Å²) >= 11 is 1.34. The van der Waals surface area contributed by atoms with Crippen molar-refractivity contribution in [3.8, 4) is 11.4 Å². The molecule has 38 heavy (non-hydrogen) atoms. The summed E-state index contributed by atoms with van der Waals surface area (Å²) in [7, 11) is 1.57. The smallest absolute Gasteiger partial charge is 0.269 e. The zero-order valence-electron chi connectivity index (χ0n) is 20.8. The first-order valence-corrected chi connectivity index (χ1v) is 13.3. The van der Waals surface area contributed by atoms with Crippen LogP contribution in [-0.2, 0) is 5.75 Å². The van der Waals surface area contributed by atoms with E-state index < -0.39 is 4.92 Å². The molecule has 5 rings (SSSR count). The number of hydrogen-bond donors (Lipinski definition) is 1. The Morgan fingerprint density at radius 2 is 1.82 bits per heavy atom. The normalized spacial score (nSPS) is 13.5. The third kappa shape index (κ3) is 5.40. The molecule has 194 valence electrons. The summed E-state index contributed by atoms with van der Waals surface area (Å²) in [5, 5.41) is 14.9. The lowest BCUT2D eigenvalue weighted by Gasteiger charge is -2.15. The molecule has 0 saturated heterocycles. The maximum atomic E-state index is 13.7. The van der Waals surface area contributed by atoms with Crippen LogP contribution in [0.1, 0.15) is 41.6 Å². The number of carbonyl (C=O) groups excluding carboxylic acids is 1. The maximum absolute atomic E-state index is 13.7. The molecule has 0 radical (unpaired) electrons. The highest BCUT2D eigenvalue weighted by molar-refractivity contribution is 7.98. The Hall–Kier alpha value is -4.18. The van der Waals surface area contributed by atoms with E-state index >= 15 is 0 Å². The van der Waals surface area contributed by atoms with Gasteiger partial charge in [0.15, 0.2) is 5.16 Å². The van der Waals surface area contributed by atoms with Gasteiger partial charge in [0, 0.05) is 29.5 Å². The van der Waals surface area contributed by atoms with Crippen LogP contribution in [0, 0.1) is 10.1 Å². The van der Waals surface area contributed by atoms with Crippen molar-refractivity contribution in [2.75, 3.05) is 7.11 Å². The van der Waals surface area contributed by atoms with E-state index in [1.807, 2.05) is 0 Å². The number of non-ortho nitro benzene ring substituents is 1. The van der Waals surface area contributed by atoms with Crippen LogP contribution >= 0.6 is 11.8 Å². The van der Waals surface area contributed by atoms with Gasteiger partial charge in [0.1, 0.15) is 5.75 Å². The van der Waals surface area contributed by atoms with E-state index in [4.69, 9.17) is 9.72 Å². The molecule has 4 aromatic rings. The molecule has 0 unspecified atom stereocenters. The number of thioether (sulfide) groups is 1. The Labute approximate surface area is 223 Å². The second kappa shape index (κ2) is 11.1. The average molecular weight is 531 g/mol. The number of amides is 1. The Kier molecular flexibility index (Phi) is 7.41. The molecule has 1 saturated carbocycles. The predicted molar refractivity (Wildman–Crippen MR) is 146 cm³/mol. The number of rotatable bonds is 8. The molecule has 9 nitrogen and oxygen atoms in total. The number of nitrogens with zero attached hydrogens (tertiary/aromatic N) is 3. The number of ether oxygens (including phenoxy) is 1. The van der Waals surface area contributed by atoms with Crippen molar-refractivity contribution in [1.82, 2.24) is 14.9 Å². The molecule has 1 amide bonds. The fraction of sp³-hybridized carbons (Fsp3) is 0.250. The van der Waals surface area contributed by atoms with E-state index in [1.54, 1.807) is 61.7 Å². The summed E-state index contributed by atoms with van der Waals surface area (Å²) in [5.41, 5.74) is 2.13. The van der Waals surface area contributed by atoms with Crippen molar-refractivity contribution in [2.24, 2.45) is 0 Å². The monoisotopic (exact) mass is 530 g/mol. The molecule has 0 bridgehead atoms. The average Bonchev–Trinajstić information content (AvgIpc) is 3.45. The van der Waals surface area contributed by atoms with Gasteiger partial charge in [-0.15, -0.1) is 0 Å². The van der Waals surface area contributed by atoms with Crippen LogP contribution in [-0.4, -0.2) is 33.5 Å². The van der Waals surface area contributed by atoms with Gasteiger partial charge < -0.3 is 10.1 Å². The van der Waals surface area contributed by atoms with E-state index in [0.29, 0.717) is 38.8 Å². The van der Waals surface area contributed by atoms with E-state index in [2.05, 4.69) is 5.32 Å². The quantitative estimate of drug-likeness (QED) is 0.143. The summed E-state index contributed by atoms with van der Waals surface area (Å²) in [6.45, 7) is 0. The van der Waals surface area contributed by atoms with Gasteiger partial charge in [-0.25, -0.2) is 4.98 Å². The first-order chi connectivity index (χ1) is 18.4. The van der Waals surface area contributed by atoms with E-state index in [0.717, 1.165) is 31.2 Å². The van der Waals surface area contributed by atoms with Crippen molar-refractivity contribution >= 4 is 34.3 Å². The topological polar surface area (TPSA) is 116 Å². The minimum atomic E-state index is -0.441. The number of methoxy groups -OCH3 is 1. The van der Waals surface area contributed by atoms with Crippen molar-refractivity contribution in [2.45, 2.75) is 42.6 Å². The van der Waals surface area contributed by atoms with E-state index in [9.17, 15) is 19.7 Å². The van der Waals surface area contributed by atoms with Gasteiger partial charge in [0.25, 0.3) is 17.2 Å². The molecule has 0 spiro atoms. The fourth-order valence-corrected chi connectivity index (χ4v) is 5.53. The molecule has 1 aliphatic rings. The molecule has 10 heteroatoms. The molecular weight excluding hydrogens is 504 g/mol. The molecule has 1 heterocycles. The van der Waals surface area contributed by atoms with Crippen LogP contribution in [0.2, 0.25) is 0 Å². The first-order valence-electron chi connectivity index (χ1n) is 12.3. The highest BCUT2D eigenvalue weighted by Crippen LogP contribution is 2.27. The molecule has 1 aliphatic carbocycles. The second-order valence-electron chi connectivity index (χ2n) is 9.13. The number of nitro groups is 1. The van der Waals surface area contributed by atoms with Crippen LogP contribution in [0.25, 0.3) is 16.6 Å². The number of nitrogens with one attached hydrogen (secondary N) is 1. The SMILES string of the molecule is COc1ccc(-n2c(SCc3ccc([N+](=O)[O-])cc3)nc3cc(C(=O)NC4CCCC4)ccc3c2=O)cc1. The van der Waals surface area contributed by atoms with Gasteiger partial charge >= 0.3 is 0 Å². The fourth-order valence-electron chi connectivity index (χ4n) is 4.56. The summed E-state index contributed by atoms with van der Waals surface area (Å²) in [6, 6.07) is 18.6. The zero-order valence-corrected chi connectivity index (χ0v) is 21.6. The summed E-state index contributed by atoms with van der Waals surface area (Å²) in [6.07, 6.45) is 4.19. The highest BCUT2D eigenvalue weighted by Gasteiger charge is 2.20. The Morgan fingerprint density at radius 3 is 2.47 bits per heavy atom. The Morgan fingerprint density at radius 1 is 1.11 bits per heavy atom. The molecule has 1 fully saturated rings. The van der Waals surface area contributed by atoms with E-state index in [1.165, 1.54) is 28.5 Å². The number of carbonyl (C=O) groups is 1. The van der Waals surface area contributed by atoms with Crippen LogP contribution in [0.5, 0.6) is 5.75 Å². The number of nitro benzene ring substituents is 1. The van der Waals surface area contributed by atoms with Crippen LogP contribution in [0.3, 0.4) is 0 Å². The van der Waals surface area contributed by atoms with Gasteiger partial charge in [-0.1, -0.05) is 36.7 Å². The van der Waals surface area contributed by atoms with Crippen molar-refractivity contribution < 1.29 is 14.5 Å². The number of benzene rings is 3. The molecule has 0 atom stereocenters. The molecular formula is C28H26N4O5S. The maximum Gasteiger partial charge on any atom is 0.269 e. The standard InChI is InChI=1S/C28H26N4O5S/c1-37-23-13-11-21(12-14-23)31-27(34)24-15-8-19(26(33)29-20-4-2-3-5-20)16-25(24)30-28(31)38-17-18-6-9-22(10-7-18)32(35)36/h6-16,20H,2-5,17H2,1H3,(H,29,33). The Balaban J connectivity index is 1.52. The molecule has 0 aliphatic heterocycles. The minimum Gasteiger partial charge on any atom is -0.497 e. The molecule has 1 N–H and O–H groups in total. The van der Waals surface area contributed by atoms with Crippen molar-refractivity contribution in [3.63, 3.8) is 0 Å². The van der Waals surface area contributed by atoms with Crippen LogP contribution in [0.4, 0.5) is 5.69 Å². The number of fused-ring (bicyclic) bond motifs is 1. The summed E-state index contributed by atoms with van der Waals surface area (Å²) in [4.78, 5) is 41.9. The third-order valence-corrected chi connectivity index (χ3v) is 7.65. The van der Waals surface area contributed by atoms with Gasteiger partial charge in [0.05, 0.1) is 28.6 Å². The molecule has 1 aromatic heterocycles. The van der Waals surface area contributed by atoms with E-state index in [-0.39, 0.29) is 23.2 Å². The lowest BCUT2D eigenvalue weighted by Crippen LogP contribution is -2.32. The van der Waals surface area contributed by atoms with Crippen molar-refractivity contribution in [1.29, 1.82) is 0 Å². The predicted octanol–water partition coefficient (Wildman–Crippen LogP) is 5.27. The van der Waals surface area contributed by atoms with Gasteiger partial charge in [-0.05, 0) is 60.9 Å². The van der Waals surface area contributed by atoms with Crippen LogP contribution in [0.15, 0.2) is 76.7 Å².